The van der Waals surface area contributed by atoms with Gasteiger partial charge in [0, 0.05) is 22.4 Å². The Morgan fingerprint density at radius 2 is 1.81 bits per heavy atom. The van der Waals surface area contributed by atoms with Crippen LogP contribution in [-0.2, 0) is 6.54 Å². The van der Waals surface area contributed by atoms with Gasteiger partial charge in [0.05, 0.1) is 12.2 Å². The summed E-state index contributed by atoms with van der Waals surface area (Å²) >= 11 is 6.28. The number of halogens is 1. The lowest BCUT2D eigenvalue weighted by Gasteiger charge is -2.06. The monoisotopic (exact) mass is 363 g/mol. The third-order valence-corrected chi connectivity index (χ3v) is 4.79. The van der Waals surface area contributed by atoms with Gasteiger partial charge in [-0.25, -0.2) is 4.98 Å². The summed E-state index contributed by atoms with van der Waals surface area (Å²) < 4.78 is 7.72. The van der Waals surface area contributed by atoms with Crippen LogP contribution in [0.25, 0.3) is 23.3 Å². The number of benzene rings is 2. The summed E-state index contributed by atoms with van der Waals surface area (Å²) in [6.07, 6.45) is 3.89. The Morgan fingerprint density at radius 1 is 1.04 bits per heavy atom. The van der Waals surface area contributed by atoms with Gasteiger partial charge < -0.3 is 4.42 Å². The van der Waals surface area contributed by atoms with E-state index in [-0.39, 0.29) is 0 Å². The molecule has 2 aromatic heterocycles. The van der Waals surface area contributed by atoms with Gasteiger partial charge in [-0.15, -0.1) is 0 Å². The van der Waals surface area contributed by atoms with Gasteiger partial charge in [-0.1, -0.05) is 41.9 Å². The van der Waals surface area contributed by atoms with Gasteiger partial charge in [0.15, 0.2) is 5.58 Å². The minimum atomic E-state index is 0.587. The summed E-state index contributed by atoms with van der Waals surface area (Å²) in [4.78, 5) is 4.48. The van der Waals surface area contributed by atoms with Gasteiger partial charge in [0.2, 0.25) is 5.89 Å². The van der Waals surface area contributed by atoms with Crippen LogP contribution in [0.4, 0.5) is 0 Å². The normalized spacial score (nSPS) is 11.7. The number of fused-ring (bicyclic) bond motifs is 1. The highest BCUT2D eigenvalue weighted by Crippen LogP contribution is 2.22. The average molecular weight is 364 g/mol. The fraction of sp³-hybridized carbons (Fsp3) is 0.143. The molecule has 130 valence electrons. The van der Waals surface area contributed by atoms with Gasteiger partial charge in [-0.05, 0) is 43.7 Å². The van der Waals surface area contributed by atoms with Gasteiger partial charge in [0.1, 0.15) is 5.52 Å². The van der Waals surface area contributed by atoms with Crippen LogP contribution >= 0.6 is 11.6 Å². The molecule has 4 aromatic rings. The predicted molar refractivity (Wildman–Crippen MR) is 105 cm³/mol. The molecule has 0 aliphatic carbocycles. The van der Waals surface area contributed by atoms with Gasteiger partial charge in [-0.3, -0.25) is 4.68 Å². The quantitative estimate of drug-likeness (QED) is 0.480. The van der Waals surface area contributed by atoms with Crippen molar-refractivity contribution in [3.05, 3.63) is 82.0 Å². The van der Waals surface area contributed by atoms with Crippen LogP contribution in [0.1, 0.15) is 28.4 Å². The van der Waals surface area contributed by atoms with E-state index in [0.717, 1.165) is 38.6 Å². The standard InChI is InChI=1S/C21H18ClN3O/c1-14-17(11-12-21-23-19-9-5-6-10-20(19)26-21)15(2)25(24-14)13-16-7-3-4-8-18(16)22/h3-12H,13H2,1-2H3. The first-order valence-corrected chi connectivity index (χ1v) is 8.80. The summed E-state index contributed by atoms with van der Waals surface area (Å²) in [7, 11) is 0. The Hall–Kier alpha value is -2.85. The fourth-order valence-corrected chi connectivity index (χ4v) is 3.21. The van der Waals surface area contributed by atoms with E-state index in [1.807, 2.05) is 72.3 Å². The molecule has 0 amide bonds. The molecule has 4 rings (SSSR count). The van der Waals surface area contributed by atoms with Crippen molar-refractivity contribution in [2.45, 2.75) is 20.4 Å². The number of hydrogen-bond donors (Lipinski definition) is 0. The van der Waals surface area contributed by atoms with Crippen LogP contribution in [0, 0.1) is 13.8 Å². The van der Waals surface area contributed by atoms with Gasteiger partial charge >= 0.3 is 0 Å². The van der Waals surface area contributed by atoms with Gasteiger partial charge in [0.25, 0.3) is 0 Å². The van der Waals surface area contributed by atoms with Crippen LogP contribution in [0.3, 0.4) is 0 Å². The molecule has 4 nitrogen and oxygen atoms in total. The Morgan fingerprint density at radius 3 is 2.62 bits per heavy atom. The van der Waals surface area contributed by atoms with E-state index in [2.05, 4.69) is 17.0 Å². The largest absolute Gasteiger partial charge is 0.437 e. The minimum Gasteiger partial charge on any atom is -0.437 e. The zero-order valence-electron chi connectivity index (χ0n) is 14.6. The van der Waals surface area contributed by atoms with E-state index in [4.69, 9.17) is 16.0 Å². The molecule has 26 heavy (non-hydrogen) atoms. The molecule has 0 unspecified atom stereocenters. The molecule has 0 atom stereocenters. The van der Waals surface area contributed by atoms with Crippen molar-refractivity contribution in [3.8, 4) is 0 Å². The molecule has 0 aliphatic rings. The van der Waals surface area contributed by atoms with Crippen LogP contribution in [0.2, 0.25) is 5.02 Å². The second-order valence-corrected chi connectivity index (χ2v) is 6.59. The number of aryl methyl sites for hydroxylation is 1. The molecule has 0 radical (unpaired) electrons. The molecule has 0 saturated carbocycles. The van der Waals surface area contributed by atoms with Crippen LogP contribution < -0.4 is 0 Å². The van der Waals surface area contributed by atoms with Crippen molar-refractivity contribution in [1.29, 1.82) is 0 Å². The van der Waals surface area contributed by atoms with E-state index < -0.39 is 0 Å². The lowest BCUT2D eigenvalue weighted by atomic mass is 10.1. The topological polar surface area (TPSA) is 43.9 Å². The highest BCUT2D eigenvalue weighted by atomic mass is 35.5. The molecule has 0 aliphatic heterocycles. The molecule has 0 bridgehead atoms. The SMILES string of the molecule is Cc1nn(Cc2ccccc2Cl)c(C)c1C=Cc1nc2ccccc2o1. The van der Waals surface area contributed by atoms with Crippen LogP contribution in [0.5, 0.6) is 0 Å². The first-order valence-electron chi connectivity index (χ1n) is 8.43. The summed E-state index contributed by atoms with van der Waals surface area (Å²) in [6.45, 7) is 4.70. The number of rotatable bonds is 4. The molecule has 0 N–H and O–H groups in total. The van der Waals surface area contributed by atoms with Crippen molar-refractivity contribution in [3.63, 3.8) is 0 Å². The maximum absolute atomic E-state index is 6.28. The first-order chi connectivity index (χ1) is 12.6. The average Bonchev–Trinajstić information content (AvgIpc) is 3.16. The summed E-state index contributed by atoms with van der Waals surface area (Å²) in [5.41, 5.74) is 5.80. The van der Waals surface area contributed by atoms with E-state index in [0.29, 0.717) is 12.4 Å². The minimum absolute atomic E-state index is 0.587. The molecule has 0 spiro atoms. The maximum atomic E-state index is 6.28. The summed E-state index contributed by atoms with van der Waals surface area (Å²) in [5, 5.41) is 5.41. The van der Waals surface area contributed by atoms with E-state index in [9.17, 15) is 0 Å². The molecular weight excluding hydrogens is 346 g/mol. The van der Waals surface area contributed by atoms with Crippen molar-refractivity contribution < 1.29 is 4.42 Å². The maximum Gasteiger partial charge on any atom is 0.220 e. The smallest absolute Gasteiger partial charge is 0.220 e. The van der Waals surface area contributed by atoms with Crippen LogP contribution in [-0.4, -0.2) is 14.8 Å². The zero-order chi connectivity index (χ0) is 18.1. The Labute approximate surface area is 156 Å². The third kappa shape index (κ3) is 3.16. The molecule has 2 heterocycles. The molecular formula is C21H18ClN3O. The Bertz CT molecular complexity index is 1070. The Balaban J connectivity index is 1.63. The van der Waals surface area contributed by atoms with E-state index >= 15 is 0 Å². The van der Waals surface area contributed by atoms with Crippen molar-refractivity contribution in [2.75, 3.05) is 0 Å². The highest BCUT2D eigenvalue weighted by molar-refractivity contribution is 6.31. The molecule has 2 aromatic carbocycles. The lowest BCUT2D eigenvalue weighted by Crippen LogP contribution is -2.04. The summed E-state index contributed by atoms with van der Waals surface area (Å²) in [5.74, 6) is 0.587. The molecule has 0 saturated heterocycles. The number of para-hydroxylation sites is 2. The zero-order valence-corrected chi connectivity index (χ0v) is 15.4. The van der Waals surface area contributed by atoms with Crippen LogP contribution in [0.15, 0.2) is 52.9 Å². The number of hydrogen-bond acceptors (Lipinski definition) is 3. The van der Waals surface area contributed by atoms with Gasteiger partial charge in [-0.2, -0.15) is 5.10 Å². The second kappa shape index (κ2) is 6.81. The number of aromatic nitrogens is 3. The molecule has 0 fully saturated rings. The lowest BCUT2D eigenvalue weighted by molar-refractivity contribution is 0.589. The Kier molecular flexibility index (Phi) is 4.35. The second-order valence-electron chi connectivity index (χ2n) is 6.19. The van der Waals surface area contributed by atoms with Crippen molar-refractivity contribution in [1.82, 2.24) is 14.8 Å². The third-order valence-electron chi connectivity index (χ3n) is 4.42. The first kappa shape index (κ1) is 16.6. The number of nitrogens with zero attached hydrogens (tertiary/aromatic N) is 3. The predicted octanol–water partition coefficient (Wildman–Crippen LogP) is 5.51. The molecule has 5 heteroatoms. The summed E-state index contributed by atoms with van der Waals surface area (Å²) in [6, 6.07) is 15.6. The van der Waals surface area contributed by atoms with E-state index in [1.165, 1.54) is 0 Å². The van der Waals surface area contributed by atoms with Crippen molar-refractivity contribution >= 4 is 34.9 Å². The fourth-order valence-electron chi connectivity index (χ4n) is 3.01. The van der Waals surface area contributed by atoms with E-state index in [1.54, 1.807) is 0 Å². The number of oxazole rings is 1. The highest BCUT2D eigenvalue weighted by Gasteiger charge is 2.11. The van der Waals surface area contributed by atoms with Crippen molar-refractivity contribution in [2.24, 2.45) is 0 Å².